The van der Waals surface area contributed by atoms with E-state index in [1.807, 2.05) is 0 Å². The number of amides is 2. The molecule has 1 fully saturated rings. The van der Waals surface area contributed by atoms with Gasteiger partial charge in [0.25, 0.3) is 0 Å². The number of carbonyl (C=O) groups is 1. The lowest BCUT2D eigenvalue weighted by Gasteiger charge is -2.30. The summed E-state index contributed by atoms with van der Waals surface area (Å²) in [6.07, 6.45) is 0. The van der Waals surface area contributed by atoms with Crippen LogP contribution in [0.5, 0.6) is 0 Å². The van der Waals surface area contributed by atoms with E-state index in [-0.39, 0.29) is 5.75 Å². The van der Waals surface area contributed by atoms with Crippen LogP contribution in [-0.4, -0.2) is 31.6 Å². The fourth-order valence-corrected chi connectivity index (χ4v) is 2.96. The van der Waals surface area contributed by atoms with E-state index in [0.717, 1.165) is 9.87 Å². The van der Waals surface area contributed by atoms with Gasteiger partial charge in [0.1, 0.15) is 0 Å². The summed E-state index contributed by atoms with van der Waals surface area (Å²) in [5.74, 6) is -0.142. The van der Waals surface area contributed by atoms with Gasteiger partial charge in [-0.25, -0.2) is 17.5 Å². The minimum Gasteiger partial charge on any atom is -0.329 e. The first-order valence-electron chi connectivity index (χ1n) is 4.93. The van der Waals surface area contributed by atoms with E-state index >= 15 is 0 Å². The van der Waals surface area contributed by atoms with Gasteiger partial charge in [0.15, 0.2) is 0 Å². The lowest BCUT2D eigenvalue weighted by molar-refractivity contribution is 0.221. The maximum Gasteiger partial charge on any atom is 0.331 e. The van der Waals surface area contributed by atoms with E-state index in [9.17, 15) is 13.2 Å². The Bertz CT molecular complexity index is 541. The first kappa shape index (κ1) is 12.2. The zero-order valence-electron chi connectivity index (χ0n) is 9.05. The molecular weight excluding hydrogens is 264 g/mol. The number of carbonyl (C=O) groups excluding carboxylic acids is 1. The Hall–Kier alpha value is -1.27. The first-order valence-corrected chi connectivity index (χ1v) is 6.91. The molecule has 2 rings (SSSR count). The molecule has 0 saturated carbocycles. The molecule has 1 heterocycles. The smallest absolute Gasteiger partial charge is 0.329 e. The van der Waals surface area contributed by atoms with Gasteiger partial charge in [-0.1, -0.05) is 23.7 Å². The number of rotatable bonds is 1. The molecule has 1 atom stereocenters. The van der Waals surface area contributed by atoms with Gasteiger partial charge >= 0.3 is 6.03 Å². The topological polar surface area (TPSA) is 66.5 Å². The van der Waals surface area contributed by atoms with Gasteiger partial charge in [-0.2, -0.15) is 0 Å². The number of benzene rings is 1. The second-order valence-electron chi connectivity index (χ2n) is 3.80. The van der Waals surface area contributed by atoms with Gasteiger partial charge in [0.05, 0.1) is 11.8 Å². The molecule has 1 N–H and O–H groups in total. The van der Waals surface area contributed by atoms with Crippen molar-refractivity contribution in [2.75, 3.05) is 12.8 Å². The van der Waals surface area contributed by atoms with E-state index in [0.29, 0.717) is 5.02 Å². The molecule has 5 nitrogen and oxygen atoms in total. The second-order valence-corrected chi connectivity index (χ2v) is 6.28. The molecule has 1 saturated heterocycles. The number of nitrogens with zero attached hydrogens (tertiary/aromatic N) is 1. The summed E-state index contributed by atoms with van der Waals surface area (Å²) in [7, 11) is -2.29. The third-order valence-corrected chi connectivity index (χ3v) is 4.66. The summed E-state index contributed by atoms with van der Waals surface area (Å²) in [4.78, 5) is 11.5. The molecule has 7 heteroatoms. The Labute approximate surface area is 104 Å². The van der Waals surface area contributed by atoms with Crippen molar-refractivity contribution in [2.24, 2.45) is 0 Å². The van der Waals surface area contributed by atoms with Gasteiger partial charge in [-0.3, -0.25) is 0 Å². The Morgan fingerprint density at radius 2 is 1.94 bits per heavy atom. The molecule has 0 radical (unpaired) electrons. The zero-order valence-corrected chi connectivity index (χ0v) is 10.6. The highest BCUT2D eigenvalue weighted by Gasteiger charge is 2.34. The quantitative estimate of drug-likeness (QED) is 0.841. The van der Waals surface area contributed by atoms with Gasteiger partial charge in [-0.15, -0.1) is 0 Å². The molecule has 1 aromatic carbocycles. The number of halogens is 1. The van der Waals surface area contributed by atoms with Crippen LogP contribution < -0.4 is 5.32 Å². The van der Waals surface area contributed by atoms with Crippen molar-refractivity contribution in [3.63, 3.8) is 0 Å². The minimum atomic E-state index is -3.53. The highest BCUT2D eigenvalue weighted by molar-refractivity contribution is 7.89. The third kappa shape index (κ3) is 2.37. The molecule has 0 bridgehead atoms. The van der Waals surface area contributed by atoms with E-state index in [2.05, 4.69) is 5.32 Å². The summed E-state index contributed by atoms with van der Waals surface area (Å²) in [6, 6.07) is 5.58. The Kier molecular flexibility index (Phi) is 3.01. The largest absolute Gasteiger partial charge is 0.331 e. The maximum atomic E-state index is 11.7. The first-order chi connectivity index (χ1) is 7.90. The van der Waals surface area contributed by atoms with Crippen molar-refractivity contribution in [1.29, 1.82) is 0 Å². The molecule has 1 aromatic rings. The molecule has 17 heavy (non-hydrogen) atoms. The fourth-order valence-electron chi connectivity index (χ4n) is 1.61. The standard InChI is InChI=1S/C10H11ClN2O3S/c1-13-10(14)12-9(6-17(13,15)16)7-2-4-8(11)5-3-7/h2-5,9H,6H2,1H3,(H,12,14). The van der Waals surface area contributed by atoms with E-state index in [1.54, 1.807) is 24.3 Å². The SMILES string of the molecule is CN1C(=O)NC(c2ccc(Cl)cc2)CS1(=O)=O. The summed E-state index contributed by atoms with van der Waals surface area (Å²) in [5, 5.41) is 3.19. The molecule has 0 aromatic heterocycles. The second kappa shape index (κ2) is 4.19. The predicted octanol–water partition coefficient (Wildman–Crippen LogP) is 1.37. The molecule has 1 aliphatic heterocycles. The van der Waals surface area contributed by atoms with Crippen LogP contribution in [0.25, 0.3) is 0 Å². The normalized spacial score (nSPS) is 23.3. The Morgan fingerprint density at radius 1 is 1.35 bits per heavy atom. The van der Waals surface area contributed by atoms with Crippen LogP contribution in [0.2, 0.25) is 5.02 Å². The van der Waals surface area contributed by atoms with Crippen LogP contribution in [0.1, 0.15) is 11.6 Å². The van der Waals surface area contributed by atoms with E-state index in [4.69, 9.17) is 11.6 Å². The lowest BCUT2D eigenvalue weighted by atomic mass is 10.1. The maximum absolute atomic E-state index is 11.7. The molecule has 92 valence electrons. The molecule has 2 amide bonds. The molecule has 1 unspecified atom stereocenters. The molecule has 0 aliphatic carbocycles. The highest BCUT2D eigenvalue weighted by atomic mass is 35.5. The lowest BCUT2D eigenvalue weighted by Crippen LogP contribution is -2.51. The Morgan fingerprint density at radius 3 is 2.47 bits per heavy atom. The van der Waals surface area contributed by atoms with Crippen molar-refractivity contribution in [1.82, 2.24) is 9.62 Å². The van der Waals surface area contributed by atoms with Crippen LogP contribution in [0.3, 0.4) is 0 Å². The minimum absolute atomic E-state index is 0.142. The van der Waals surface area contributed by atoms with Crippen LogP contribution in [0.4, 0.5) is 4.79 Å². The van der Waals surface area contributed by atoms with Gasteiger partial charge in [0.2, 0.25) is 10.0 Å². The van der Waals surface area contributed by atoms with E-state index in [1.165, 1.54) is 7.05 Å². The van der Waals surface area contributed by atoms with Crippen molar-refractivity contribution >= 4 is 27.7 Å². The average Bonchev–Trinajstić information content (AvgIpc) is 2.26. The van der Waals surface area contributed by atoms with E-state index < -0.39 is 22.1 Å². The monoisotopic (exact) mass is 274 g/mol. The van der Waals surface area contributed by atoms with Gasteiger partial charge in [-0.05, 0) is 17.7 Å². The summed E-state index contributed by atoms with van der Waals surface area (Å²) in [5.41, 5.74) is 0.722. The van der Waals surface area contributed by atoms with Crippen molar-refractivity contribution in [2.45, 2.75) is 6.04 Å². The summed E-state index contributed by atoms with van der Waals surface area (Å²) < 4.78 is 24.1. The number of nitrogens with one attached hydrogen (secondary N) is 1. The van der Waals surface area contributed by atoms with Crippen molar-refractivity contribution in [3.8, 4) is 0 Å². The average molecular weight is 275 g/mol. The third-order valence-electron chi connectivity index (χ3n) is 2.65. The summed E-state index contributed by atoms with van der Waals surface area (Å²) >= 11 is 5.74. The van der Waals surface area contributed by atoms with Gasteiger partial charge < -0.3 is 5.32 Å². The predicted molar refractivity (Wildman–Crippen MR) is 64.3 cm³/mol. The van der Waals surface area contributed by atoms with Crippen molar-refractivity contribution < 1.29 is 13.2 Å². The number of hydrogen-bond acceptors (Lipinski definition) is 3. The summed E-state index contributed by atoms with van der Waals surface area (Å²) in [6.45, 7) is 0. The number of hydrogen-bond donors (Lipinski definition) is 1. The van der Waals surface area contributed by atoms with Crippen LogP contribution in [-0.2, 0) is 10.0 Å². The van der Waals surface area contributed by atoms with Crippen LogP contribution in [0, 0.1) is 0 Å². The fraction of sp³-hybridized carbons (Fsp3) is 0.300. The molecule has 1 aliphatic rings. The highest BCUT2D eigenvalue weighted by Crippen LogP contribution is 2.22. The zero-order chi connectivity index (χ0) is 12.6. The van der Waals surface area contributed by atoms with Gasteiger partial charge in [0, 0.05) is 12.1 Å². The number of urea groups is 1. The van der Waals surface area contributed by atoms with Crippen LogP contribution >= 0.6 is 11.6 Å². The number of sulfonamides is 1. The molecular formula is C10H11ClN2O3S. The molecule has 0 spiro atoms. The Balaban J connectivity index is 2.30. The van der Waals surface area contributed by atoms with Crippen LogP contribution in [0.15, 0.2) is 24.3 Å². The van der Waals surface area contributed by atoms with Crippen molar-refractivity contribution in [3.05, 3.63) is 34.9 Å².